The molecule has 0 aromatic carbocycles. The summed E-state index contributed by atoms with van der Waals surface area (Å²) in [6.45, 7) is 0.849. The van der Waals surface area contributed by atoms with E-state index in [0.29, 0.717) is 6.04 Å². The molecule has 1 fully saturated rings. The van der Waals surface area contributed by atoms with Gasteiger partial charge in [-0.15, -0.1) is 0 Å². The van der Waals surface area contributed by atoms with Crippen LogP contribution >= 0.6 is 0 Å². The zero-order valence-corrected chi connectivity index (χ0v) is 10.1. The lowest BCUT2D eigenvalue weighted by Crippen LogP contribution is -2.28. The third-order valence-corrected chi connectivity index (χ3v) is 3.75. The van der Waals surface area contributed by atoms with E-state index < -0.39 is 0 Å². The van der Waals surface area contributed by atoms with Crippen molar-refractivity contribution in [3.05, 3.63) is 0 Å². The summed E-state index contributed by atoms with van der Waals surface area (Å²) in [6, 6.07) is 0.488. The zero-order valence-electron chi connectivity index (χ0n) is 10.1. The van der Waals surface area contributed by atoms with Gasteiger partial charge in [-0.2, -0.15) is 0 Å². The number of rotatable bonds is 8. The maximum absolute atomic E-state index is 6.20. The SMILES string of the molecule is NCCCCCCCC(N)C1CCCC1. The smallest absolute Gasteiger partial charge is 0.00671 e. The van der Waals surface area contributed by atoms with Crippen molar-refractivity contribution in [1.29, 1.82) is 0 Å². The Morgan fingerprint density at radius 2 is 1.53 bits per heavy atom. The second-order valence-electron chi connectivity index (χ2n) is 5.05. The normalized spacial score (nSPS) is 19.6. The molecule has 0 aromatic rings. The van der Waals surface area contributed by atoms with Crippen molar-refractivity contribution >= 4 is 0 Å². The van der Waals surface area contributed by atoms with Crippen molar-refractivity contribution < 1.29 is 0 Å². The van der Waals surface area contributed by atoms with Gasteiger partial charge in [0.2, 0.25) is 0 Å². The quantitative estimate of drug-likeness (QED) is 0.608. The van der Waals surface area contributed by atoms with Crippen LogP contribution in [-0.4, -0.2) is 12.6 Å². The average Bonchev–Trinajstić information content (AvgIpc) is 2.76. The molecule has 0 heterocycles. The minimum atomic E-state index is 0.488. The molecule has 4 N–H and O–H groups in total. The highest BCUT2D eigenvalue weighted by Crippen LogP contribution is 2.28. The fourth-order valence-electron chi connectivity index (χ4n) is 2.68. The van der Waals surface area contributed by atoms with Crippen molar-refractivity contribution in [3.63, 3.8) is 0 Å². The van der Waals surface area contributed by atoms with Gasteiger partial charge in [-0.05, 0) is 38.1 Å². The summed E-state index contributed by atoms with van der Waals surface area (Å²) in [6.07, 6.45) is 13.3. The van der Waals surface area contributed by atoms with E-state index in [0.717, 1.165) is 12.5 Å². The number of hydrogen-bond acceptors (Lipinski definition) is 2. The third-order valence-electron chi connectivity index (χ3n) is 3.75. The van der Waals surface area contributed by atoms with Crippen LogP contribution in [0, 0.1) is 5.92 Å². The first-order chi connectivity index (χ1) is 7.34. The highest BCUT2D eigenvalue weighted by atomic mass is 14.6. The molecule has 2 heteroatoms. The van der Waals surface area contributed by atoms with E-state index in [9.17, 15) is 0 Å². The van der Waals surface area contributed by atoms with Crippen molar-refractivity contribution in [3.8, 4) is 0 Å². The Morgan fingerprint density at radius 1 is 0.933 bits per heavy atom. The van der Waals surface area contributed by atoms with E-state index in [2.05, 4.69) is 0 Å². The molecule has 0 amide bonds. The third kappa shape index (κ3) is 5.53. The summed E-state index contributed by atoms with van der Waals surface area (Å²) >= 11 is 0. The Labute approximate surface area is 94.8 Å². The van der Waals surface area contributed by atoms with Gasteiger partial charge in [0.05, 0.1) is 0 Å². The van der Waals surface area contributed by atoms with Crippen molar-refractivity contribution in [2.75, 3.05) is 6.54 Å². The molecule has 2 nitrogen and oxygen atoms in total. The average molecular weight is 212 g/mol. The molecule has 0 aromatic heterocycles. The molecule has 1 atom stereocenters. The van der Waals surface area contributed by atoms with Crippen LogP contribution in [0.15, 0.2) is 0 Å². The Morgan fingerprint density at radius 3 is 2.20 bits per heavy atom. The molecule has 0 aliphatic heterocycles. The van der Waals surface area contributed by atoms with Crippen molar-refractivity contribution in [1.82, 2.24) is 0 Å². The predicted molar refractivity (Wildman–Crippen MR) is 66.7 cm³/mol. The van der Waals surface area contributed by atoms with Gasteiger partial charge in [-0.25, -0.2) is 0 Å². The molecule has 1 rings (SSSR count). The summed E-state index contributed by atoms with van der Waals surface area (Å²) in [5.41, 5.74) is 11.7. The van der Waals surface area contributed by atoms with Gasteiger partial charge in [0.15, 0.2) is 0 Å². The second kappa shape index (κ2) is 8.12. The van der Waals surface area contributed by atoms with Gasteiger partial charge >= 0.3 is 0 Å². The van der Waals surface area contributed by atoms with E-state index >= 15 is 0 Å². The highest BCUT2D eigenvalue weighted by Gasteiger charge is 2.21. The first kappa shape index (κ1) is 13.0. The Hall–Kier alpha value is -0.0800. The fraction of sp³-hybridized carbons (Fsp3) is 1.00. The Kier molecular flexibility index (Phi) is 7.03. The minimum absolute atomic E-state index is 0.488. The lowest BCUT2D eigenvalue weighted by Gasteiger charge is -2.18. The molecule has 0 saturated heterocycles. The number of hydrogen-bond donors (Lipinski definition) is 2. The van der Waals surface area contributed by atoms with Gasteiger partial charge < -0.3 is 11.5 Å². The van der Waals surface area contributed by atoms with E-state index in [1.165, 1.54) is 64.2 Å². The van der Waals surface area contributed by atoms with Gasteiger partial charge in [0.1, 0.15) is 0 Å². The summed E-state index contributed by atoms with van der Waals surface area (Å²) in [5, 5.41) is 0. The van der Waals surface area contributed by atoms with Gasteiger partial charge in [0.25, 0.3) is 0 Å². The maximum Gasteiger partial charge on any atom is 0.00671 e. The van der Waals surface area contributed by atoms with Crippen LogP contribution in [0.4, 0.5) is 0 Å². The minimum Gasteiger partial charge on any atom is -0.330 e. The van der Waals surface area contributed by atoms with E-state index in [1.807, 2.05) is 0 Å². The molecule has 90 valence electrons. The maximum atomic E-state index is 6.20. The first-order valence-corrected chi connectivity index (χ1v) is 6.80. The van der Waals surface area contributed by atoms with Gasteiger partial charge in [-0.3, -0.25) is 0 Å². The van der Waals surface area contributed by atoms with Crippen LogP contribution in [0.5, 0.6) is 0 Å². The van der Waals surface area contributed by atoms with Crippen LogP contribution in [0.2, 0.25) is 0 Å². The summed E-state index contributed by atoms with van der Waals surface area (Å²) in [7, 11) is 0. The molecule has 15 heavy (non-hydrogen) atoms. The summed E-state index contributed by atoms with van der Waals surface area (Å²) < 4.78 is 0. The van der Waals surface area contributed by atoms with Gasteiger partial charge in [0, 0.05) is 6.04 Å². The molecule has 1 aliphatic rings. The van der Waals surface area contributed by atoms with Crippen molar-refractivity contribution in [2.45, 2.75) is 70.3 Å². The standard InChI is InChI=1S/C13H28N2/c14-11-7-3-1-2-4-10-13(15)12-8-5-6-9-12/h12-13H,1-11,14-15H2. The van der Waals surface area contributed by atoms with Gasteiger partial charge in [-0.1, -0.05) is 38.5 Å². The van der Waals surface area contributed by atoms with Crippen LogP contribution in [0.3, 0.4) is 0 Å². The lowest BCUT2D eigenvalue weighted by molar-refractivity contribution is 0.395. The van der Waals surface area contributed by atoms with E-state index in [1.54, 1.807) is 0 Å². The summed E-state index contributed by atoms with van der Waals surface area (Å²) in [5.74, 6) is 0.842. The molecular weight excluding hydrogens is 184 g/mol. The predicted octanol–water partition coefficient (Wildman–Crippen LogP) is 2.80. The molecule has 1 unspecified atom stereocenters. The molecule has 1 saturated carbocycles. The number of nitrogens with two attached hydrogens (primary N) is 2. The second-order valence-corrected chi connectivity index (χ2v) is 5.05. The molecule has 0 bridgehead atoms. The fourth-order valence-corrected chi connectivity index (χ4v) is 2.68. The van der Waals surface area contributed by atoms with E-state index in [4.69, 9.17) is 11.5 Å². The van der Waals surface area contributed by atoms with Crippen LogP contribution in [0.1, 0.15) is 64.2 Å². The molecule has 1 aliphatic carbocycles. The Balaban J connectivity index is 1.90. The van der Waals surface area contributed by atoms with Crippen LogP contribution < -0.4 is 11.5 Å². The Bertz CT molecular complexity index is 141. The number of unbranched alkanes of at least 4 members (excludes halogenated alkanes) is 4. The molecular formula is C13H28N2. The topological polar surface area (TPSA) is 52.0 Å². The monoisotopic (exact) mass is 212 g/mol. The highest BCUT2D eigenvalue weighted by molar-refractivity contribution is 4.77. The zero-order chi connectivity index (χ0) is 10.9. The van der Waals surface area contributed by atoms with E-state index in [-0.39, 0.29) is 0 Å². The first-order valence-electron chi connectivity index (χ1n) is 6.80. The van der Waals surface area contributed by atoms with Crippen LogP contribution in [0.25, 0.3) is 0 Å². The molecule has 0 radical (unpaired) electrons. The lowest BCUT2D eigenvalue weighted by atomic mass is 9.94. The summed E-state index contributed by atoms with van der Waals surface area (Å²) in [4.78, 5) is 0. The van der Waals surface area contributed by atoms with Crippen LogP contribution in [-0.2, 0) is 0 Å². The molecule has 0 spiro atoms. The largest absolute Gasteiger partial charge is 0.330 e. The van der Waals surface area contributed by atoms with Crippen molar-refractivity contribution in [2.24, 2.45) is 17.4 Å².